The highest BCUT2D eigenvalue weighted by Crippen LogP contribution is 2.08. The van der Waals surface area contributed by atoms with Gasteiger partial charge in [0.1, 0.15) is 5.71 Å². The minimum atomic E-state index is -1.05. The first-order chi connectivity index (χ1) is 7.56. The quantitative estimate of drug-likeness (QED) is 0.637. The van der Waals surface area contributed by atoms with E-state index < -0.39 is 16.8 Å². The summed E-state index contributed by atoms with van der Waals surface area (Å²) in [5, 5.41) is 7.57. The Balaban J connectivity index is 2.85. The Hall–Kier alpha value is -1.49. The summed E-state index contributed by atoms with van der Waals surface area (Å²) in [6.07, 6.45) is 1.58. The molecule has 0 heterocycles. The van der Waals surface area contributed by atoms with Gasteiger partial charge >= 0.3 is 5.97 Å². The molecule has 4 nitrogen and oxygen atoms in total. The van der Waals surface area contributed by atoms with Gasteiger partial charge in [-0.2, -0.15) is 0 Å². The second kappa shape index (κ2) is 5.55. The third kappa shape index (κ3) is 3.00. The first kappa shape index (κ1) is 12.6. The molecule has 86 valence electrons. The first-order valence-corrected chi connectivity index (χ1v) is 6.31. The van der Waals surface area contributed by atoms with Gasteiger partial charge in [-0.25, -0.2) is 4.79 Å². The molecule has 0 aliphatic heterocycles. The second-order valence-corrected chi connectivity index (χ2v) is 4.45. The first-order valence-electron chi connectivity index (χ1n) is 4.75. The van der Waals surface area contributed by atoms with Gasteiger partial charge in [0.05, 0.1) is 6.61 Å². The predicted octanol–water partition coefficient (Wildman–Crippen LogP) is 1.35. The van der Waals surface area contributed by atoms with E-state index >= 15 is 0 Å². The van der Waals surface area contributed by atoms with Gasteiger partial charge in [-0.1, -0.05) is 12.1 Å². The number of hydrogen-bond donors (Lipinski definition) is 1. The van der Waals surface area contributed by atoms with E-state index in [1.807, 2.05) is 0 Å². The minimum Gasteiger partial charge on any atom is -0.461 e. The third-order valence-corrected chi connectivity index (χ3v) is 2.89. The Kier molecular flexibility index (Phi) is 4.37. The lowest BCUT2D eigenvalue weighted by molar-refractivity contribution is -0.135. The van der Waals surface area contributed by atoms with Crippen LogP contribution in [0.2, 0.25) is 0 Å². The maximum absolute atomic E-state index is 11.3. The van der Waals surface area contributed by atoms with E-state index in [1.54, 1.807) is 37.4 Å². The van der Waals surface area contributed by atoms with Crippen molar-refractivity contribution in [1.29, 1.82) is 5.41 Å². The van der Waals surface area contributed by atoms with Crippen LogP contribution in [0.3, 0.4) is 0 Å². The SMILES string of the molecule is CCOC(=O)C(=N)c1ccc(S(C)=O)cc1. The zero-order valence-corrected chi connectivity index (χ0v) is 9.97. The molecule has 16 heavy (non-hydrogen) atoms. The van der Waals surface area contributed by atoms with Gasteiger partial charge in [-0.3, -0.25) is 9.62 Å². The Morgan fingerprint density at radius 3 is 2.38 bits per heavy atom. The minimum absolute atomic E-state index is 0.185. The van der Waals surface area contributed by atoms with Crippen molar-refractivity contribution in [3.63, 3.8) is 0 Å². The van der Waals surface area contributed by atoms with Crippen LogP contribution in [0.5, 0.6) is 0 Å². The van der Waals surface area contributed by atoms with E-state index in [1.165, 1.54) is 0 Å². The van der Waals surface area contributed by atoms with E-state index in [9.17, 15) is 9.00 Å². The zero-order valence-electron chi connectivity index (χ0n) is 9.15. The lowest BCUT2D eigenvalue weighted by Crippen LogP contribution is -2.17. The summed E-state index contributed by atoms with van der Waals surface area (Å²) in [4.78, 5) is 11.9. The highest BCUT2D eigenvalue weighted by atomic mass is 32.2. The van der Waals surface area contributed by atoms with Crippen molar-refractivity contribution in [3.8, 4) is 0 Å². The molecular formula is C11H13NO3S. The molecule has 0 saturated heterocycles. The highest BCUT2D eigenvalue weighted by molar-refractivity contribution is 7.84. The smallest absolute Gasteiger partial charge is 0.356 e. The summed E-state index contributed by atoms with van der Waals surface area (Å²) in [5.41, 5.74) is 0.280. The molecule has 0 radical (unpaired) electrons. The van der Waals surface area contributed by atoms with Crippen molar-refractivity contribution < 1.29 is 13.7 Å². The summed E-state index contributed by atoms with van der Waals surface area (Å²) in [7, 11) is -1.05. The summed E-state index contributed by atoms with van der Waals surface area (Å²) in [5.74, 6) is -0.645. The lowest BCUT2D eigenvalue weighted by atomic mass is 10.1. The van der Waals surface area contributed by atoms with Gasteiger partial charge in [0.15, 0.2) is 0 Å². The average molecular weight is 239 g/mol. The molecule has 0 fully saturated rings. The number of rotatable bonds is 4. The maximum atomic E-state index is 11.3. The van der Waals surface area contributed by atoms with Crippen LogP contribution in [0, 0.1) is 5.41 Å². The van der Waals surface area contributed by atoms with Crippen LogP contribution in [0.25, 0.3) is 0 Å². The molecule has 1 atom stereocenters. The van der Waals surface area contributed by atoms with Gasteiger partial charge < -0.3 is 4.74 Å². The Bertz CT molecular complexity index is 425. The number of esters is 1. The largest absolute Gasteiger partial charge is 0.461 e. The average Bonchev–Trinajstić information content (AvgIpc) is 2.28. The molecule has 0 amide bonds. The summed E-state index contributed by atoms with van der Waals surface area (Å²) in [6.45, 7) is 1.94. The predicted molar refractivity (Wildman–Crippen MR) is 62.2 cm³/mol. The highest BCUT2D eigenvalue weighted by Gasteiger charge is 2.12. The van der Waals surface area contributed by atoms with E-state index in [0.717, 1.165) is 0 Å². The fraction of sp³-hybridized carbons (Fsp3) is 0.273. The van der Waals surface area contributed by atoms with Gasteiger partial charge in [-0.15, -0.1) is 0 Å². The number of benzene rings is 1. The molecule has 0 aliphatic carbocycles. The number of carbonyl (C=O) groups excluding carboxylic acids is 1. The van der Waals surface area contributed by atoms with E-state index in [0.29, 0.717) is 10.5 Å². The maximum Gasteiger partial charge on any atom is 0.356 e. The fourth-order valence-electron chi connectivity index (χ4n) is 1.13. The third-order valence-electron chi connectivity index (χ3n) is 1.95. The molecule has 0 aliphatic rings. The Morgan fingerprint density at radius 2 is 1.94 bits per heavy atom. The van der Waals surface area contributed by atoms with Crippen molar-refractivity contribution in [2.75, 3.05) is 12.9 Å². The molecule has 5 heteroatoms. The number of hydrogen-bond acceptors (Lipinski definition) is 4. The zero-order chi connectivity index (χ0) is 12.1. The summed E-state index contributed by atoms with van der Waals surface area (Å²) >= 11 is 0. The molecule has 0 aromatic heterocycles. The van der Waals surface area contributed by atoms with Gasteiger partial charge in [0.2, 0.25) is 0 Å². The standard InChI is InChI=1S/C11H13NO3S/c1-3-15-11(13)10(12)8-4-6-9(7-5-8)16(2)14/h4-7,12H,3H2,1-2H3. The van der Waals surface area contributed by atoms with E-state index in [4.69, 9.17) is 10.1 Å². The van der Waals surface area contributed by atoms with Crippen molar-refractivity contribution in [2.24, 2.45) is 0 Å². The second-order valence-electron chi connectivity index (χ2n) is 3.07. The lowest BCUT2D eigenvalue weighted by Gasteiger charge is -2.04. The molecule has 0 spiro atoms. The van der Waals surface area contributed by atoms with Crippen LogP contribution in [-0.4, -0.2) is 28.8 Å². The number of nitrogens with one attached hydrogen (secondary N) is 1. The fourth-order valence-corrected chi connectivity index (χ4v) is 1.65. The van der Waals surface area contributed by atoms with Gasteiger partial charge in [0, 0.05) is 27.5 Å². The molecule has 1 aromatic carbocycles. The van der Waals surface area contributed by atoms with Crippen LogP contribution in [0.15, 0.2) is 29.2 Å². The molecule has 1 aromatic rings. The molecular weight excluding hydrogens is 226 g/mol. The van der Waals surface area contributed by atoms with E-state index in [-0.39, 0.29) is 12.3 Å². The van der Waals surface area contributed by atoms with Gasteiger partial charge in [-0.05, 0) is 19.1 Å². The van der Waals surface area contributed by atoms with Crippen LogP contribution in [0.1, 0.15) is 12.5 Å². The van der Waals surface area contributed by atoms with Gasteiger partial charge in [0.25, 0.3) is 0 Å². The molecule has 0 saturated carbocycles. The molecule has 0 bridgehead atoms. The Morgan fingerprint density at radius 1 is 1.38 bits per heavy atom. The topological polar surface area (TPSA) is 67.2 Å². The molecule has 1 unspecified atom stereocenters. The normalized spacial score (nSPS) is 11.9. The monoisotopic (exact) mass is 239 g/mol. The Labute approximate surface area is 96.6 Å². The van der Waals surface area contributed by atoms with Crippen molar-refractivity contribution in [1.82, 2.24) is 0 Å². The van der Waals surface area contributed by atoms with Crippen molar-refractivity contribution in [3.05, 3.63) is 29.8 Å². The summed E-state index contributed by atoms with van der Waals surface area (Å²) in [6, 6.07) is 6.46. The summed E-state index contributed by atoms with van der Waals surface area (Å²) < 4.78 is 15.8. The van der Waals surface area contributed by atoms with Crippen molar-refractivity contribution >= 4 is 22.5 Å². The molecule has 1 N–H and O–H groups in total. The van der Waals surface area contributed by atoms with Crippen LogP contribution < -0.4 is 0 Å². The van der Waals surface area contributed by atoms with Crippen LogP contribution in [0.4, 0.5) is 0 Å². The molecule has 1 rings (SSSR count). The van der Waals surface area contributed by atoms with Crippen LogP contribution in [-0.2, 0) is 20.3 Å². The number of ether oxygens (including phenoxy) is 1. The van der Waals surface area contributed by atoms with E-state index in [2.05, 4.69) is 0 Å². The van der Waals surface area contributed by atoms with Crippen LogP contribution >= 0.6 is 0 Å². The van der Waals surface area contributed by atoms with Crippen molar-refractivity contribution in [2.45, 2.75) is 11.8 Å². The number of carbonyl (C=O) groups is 1.